The Morgan fingerprint density at radius 3 is 2.54 bits per heavy atom. The number of benzene rings is 1. The summed E-state index contributed by atoms with van der Waals surface area (Å²) in [6.07, 6.45) is 3.45. The highest BCUT2D eigenvalue weighted by Gasteiger charge is 2.24. The minimum absolute atomic E-state index is 0.122. The fourth-order valence-electron chi connectivity index (χ4n) is 4.14. The molecule has 26 heavy (non-hydrogen) atoms. The largest absolute Gasteiger partial charge is 0.327 e. The van der Waals surface area contributed by atoms with Gasteiger partial charge in [-0.25, -0.2) is 18.5 Å². The molecule has 3 rings (SSSR count). The molecule has 1 aromatic heterocycles. The predicted molar refractivity (Wildman–Crippen MR) is 104 cm³/mol. The maximum absolute atomic E-state index is 11.7. The molecule has 1 aliphatic rings. The van der Waals surface area contributed by atoms with E-state index in [1.165, 1.54) is 6.42 Å². The van der Waals surface area contributed by atoms with E-state index in [0.29, 0.717) is 17.4 Å². The molecule has 144 valence electrons. The number of nitrogens with two attached hydrogens (primary N) is 1. The Kier molecular flexibility index (Phi) is 5.69. The van der Waals surface area contributed by atoms with E-state index in [0.717, 1.165) is 50.4 Å². The van der Waals surface area contributed by atoms with Crippen molar-refractivity contribution in [3.8, 4) is 0 Å². The predicted octanol–water partition coefficient (Wildman–Crippen LogP) is 2.96. The van der Waals surface area contributed by atoms with Gasteiger partial charge in [0, 0.05) is 19.6 Å². The van der Waals surface area contributed by atoms with Crippen molar-refractivity contribution in [2.45, 2.75) is 58.0 Å². The van der Waals surface area contributed by atoms with E-state index >= 15 is 0 Å². The molecule has 0 bridgehead atoms. The van der Waals surface area contributed by atoms with Crippen LogP contribution in [0.25, 0.3) is 11.0 Å². The maximum atomic E-state index is 11.7. The summed E-state index contributed by atoms with van der Waals surface area (Å²) in [6.45, 7) is 10.7. The first-order valence-corrected chi connectivity index (χ1v) is 11.1. The van der Waals surface area contributed by atoms with Gasteiger partial charge in [0.05, 0.1) is 22.5 Å². The number of fused-ring (bicyclic) bond motifs is 1. The first-order chi connectivity index (χ1) is 12.3. The molecule has 0 amide bonds. The van der Waals surface area contributed by atoms with Crippen LogP contribution in [-0.4, -0.2) is 36.0 Å². The lowest BCUT2D eigenvalue weighted by Crippen LogP contribution is -2.38. The third kappa shape index (κ3) is 4.27. The quantitative estimate of drug-likeness (QED) is 0.838. The molecular formula is C19H30N4O2S. The molecule has 0 radical (unpaired) electrons. The third-order valence-corrected chi connectivity index (χ3v) is 6.08. The fraction of sp³-hybridized carbons (Fsp3) is 0.632. The molecule has 0 unspecified atom stereocenters. The van der Waals surface area contributed by atoms with E-state index in [1.54, 1.807) is 12.1 Å². The van der Waals surface area contributed by atoms with E-state index in [2.05, 4.69) is 30.2 Å². The zero-order valence-electron chi connectivity index (χ0n) is 16.0. The lowest BCUT2D eigenvalue weighted by atomic mass is 9.92. The number of hydrogen-bond acceptors (Lipinski definition) is 4. The summed E-state index contributed by atoms with van der Waals surface area (Å²) in [5.41, 5.74) is 1.69. The van der Waals surface area contributed by atoms with Gasteiger partial charge in [-0.1, -0.05) is 27.2 Å². The fourth-order valence-corrected chi connectivity index (χ4v) is 4.68. The highest BCUT2D eigenvalue weighted by Crippen LogP contribution is 2.25. The summed E-state index contributed by atoms with van der Waals surface area (Å²) in [4.78, 5) is 7.38. The molecule has 2 N–H and O–H groups in total. The number of hydrogen-bond donors (Lipinski definition) is 1. The van der Waals surface area contributed by atoms with Crippen molar-refractivity contribution in [2.24, 2.45) is 17.0 Å². The number of sulfonamides is 1. The normalized spacial score (nSPS) is 22.2. The van der Waals surface area contributed by atoms with Crippen molar-refractivity contribution in [1.29, 1.82) is 0 Å². The summed E-state index contributed by atoms with van der Waals surface area (Å²) < 4.78 is 25.6. The molecule has 1 aliphatic heterocycles. The second-order valence-corrected chi connectivity index (χ2v) is 9.43. The van der Waals surface area contributed by atoms with E-state index in [1.807, 2.05) is 6.07 Å². The van der Waals surface area contributed by atoms with Crippen LogP contribution in [-0.2, 0) is 23.1 Å². The van der Waals surface area contributed by atoms with Gasteiger partial charge in [0.2, 0.25) is 10.0 Å². The van der Waals surface area contributed by atoms with Gasteiger partial charge in [0.15, 0.2) is 0 Å². The van der Waals surface area contributed by atoms with Gasteiger partial charge >= 0.3 is 0 Å². The van der Waals surface area contributed by atoms with Crippen molar-refractivity contribution in [2.75, 3.05) is 13.1 Å². The van der Waals surface area contributed by atoms with Crippen molar-refractivity contribution in [3.05, 3.63) is 24.0 Å². The van der Waals surface area contributed by atoms with E-state index in [9.17, 15) is 8.42 Å². The van der Waals surface area contributed by atoms with Crippen molar-refractivity contribution >= 4 is 21.1 Å². The van der Waals surface area contributed by atoms with Crippen LogP contribution >= 0.6 is 0 Å². The Balaban J connectivity index is 1.96. The summed E-state index contributed by atoms with van der Waals surface area (Å²) in [5, 5.41) is 5.28. The Labute approximate surface area is 156 Å². The van der Waals surface area contributed by atoms with Crippen LogP contribution < -0.4 is 5.14 Å². The van der Waals surface area contributed by atoms with Crippen LogP contribution in [0.1, 0.15) is 45.9 Å². The second kappa shape index (κ2) is 7.66. The zero-order chi connectivity index (χ0) is 18.9. The Morgan fingerprint density at radius 2 is 1.92 bits per heavy atom. The standard InChI is InChI=1S/C19H30N4O2S/c1-4-5-8-23-18-7-6-16(26(20,24)25)10-17(18)21-19(23)13-22-11-14(2)9-15(3)12-22/h6-7,10,14-15H,4-5,8-9,11-13H2,1-3H3,(H2,20,24,25)/t14-,15-/m0/s1. The topological polar surface area (TPSA) is 81.2 Å². The average Bonchev–Trinajstić information content (AvgIpc) is 2.87. The molecule has 0 saturated carbocycles. The average molecular weight is 379 g/mol. The molecule has 7 heteroatoms. The molecule has 0 aliphatic carbocycles. The molecule has 1 aromatic carbocycles. The van der Waals surface area contributed by atoms with Crippen molar-refractivity contribution in [1.82, 2.24) is 14.5 Å². The van der Waals surface area contributed by atoms with Gasteiger partial charge in [-0.2, -0.15) is 0 Å². The monoisotopic (exact) mass is 378 g/mol. The van der Waals surface area contributed by atoms with Gasteiger partial charge in [0.1, 0.15) is 5.82 Å². The van der Waals surface area contributed by atoms with Crippen LogP contribution in [0, 0.1) is 11.8 Å². The lowest BCUT2D eigenvalue weighted by Gasteiger charge is -2.34. The summed E-state index contributed by atoms with van der Waals surface area (Å²) in [5.74, 6) is 2.41. The summed E-state index contributed by atoms with van der Waals surface area (Å²) in [7, 11) is -3.72. The van der Waals surface area contributed by atoms with Crippen LogP contribution in [0.15, 0.2) is 23.1 Å². The number of unbranched alkanes of at least 4 members (excludes halogenated alkanes) is 1. The van der Waals surface area contributed by atoms with Crippen LogP contribution in [0.3, 0.4) is 0 Å². The number of imidazole rings is 1. The smallest absolute Gasteiger partial charge is 0.238 e. The summed E-state index contributed by atoms with van der Waals surface area (Å²) >= 11 is 0. The molecule has 2 aromatic rings. The third-order valence-electron chi connectivity index (χ3n) is 5.17. The van der Waals surface area contributed by atoms with Gasteiger partial charge < -0.3 is 4.57 Å². The highest BCUT2D eigenvalue weighted by molar-refractivity contribution is 7.89. The van der Waals surface area contributed by atoms with Gasteiger partial charge in [-0.3, -0.25) is 4.90 Å². The Bertz CT molecular complexity index is 865. The first-order valence-electron chi connectivity index (χ1n) is 9.52. The van der Waals surface area contributed by atoms with Gasteiger partial charge in [-0.15, -0.1) is 0 Å². The molecule has 6 nitrogen and oxygen atoms in total. The minimum Gasteiger partial charge on any atom is -0.327 e. The first kappa shape index (κ1) is 19.3. The number of nitrogens with zero attached hydrogens (tertiary/aromatic N) is 3. The Hall–Kier alpha value is -1.44. The molecular weight excluding hydrogens is 348 g/mol. The Morgan fingerprint density at radius 1 is 1.23 bits per heavy atom. The zero-order valence-corrected chi connectivity index (χ0v) is 16.8. The highest BCUT2D eigenvalue weighted by atomic mass is 32.2. The minimum atomic E-state index is -3.72. The van der Waals surface area contributed by atoms with E-state index < -0.39 is 10.0 Å². The van der Waals surface area contributed by atoms with Gasteiger partial charge in [-0.05, 0) is 42.9 Å². The maximum Gasteiger partial charge on any atom is 0.238 e. The number of aromatic nitrogens is 2. The number of aryl methyl sites for hydroxylation is 1. The van der Waals surface area contributed by atoms with E-state index in [4.69, 9.17) is 10.1 Å². The molecule has 2 heterocycles. The van der Waals surface area contributed by atoms with Crippen molar-refractivity contribution < 1.29 is 8.42 Å². The van der Waals surface area contributed by atoms with Crippen LogP contribution in [0.4, 0.5) is 0 Å². The molecule has 1 saturated heterocycles. The number of piperidine rings is 1. The van der Waals surface area contributed by atoms with Gasteiger partial charge in [0.25, 0.3) is 0 Å². The number of likely N-dealkylation sites (tertiary alicyclic amines) is 1. The van der Waals surface area contributed by atoms with E-state index in [-0.39, 0.29) is 4.90 Å². The van der Waals surface area contributed by atoms with Crippen molar-refractivity contribution in [3.63, 3.8) is 0 Å². The molecule has 0 spiro atoms. The molecule has 1 fully saturated rings. The number of primary sulfonamides is 1. The summed E-state index contributed by atoms with van der Waals surface area (Å²) in [6, 6.07) is 5.01. The number of rotatable bonds is 6. The van der Waals surface area contributed by atoms with Crippen LogP contribution in [0.5, 0.6) is 0 Å². The lowest BCUT2D eigenvalue weighted by molar-refractivity contribution is 0.130. The second-order valence-electron chi connectivity index (χ2n) is 7.87. The van der Waals surface area contributed by atoms with Crippen LogP contribution in [0.2, 0.25) is 0 Å². The SMILES string of the molecule is CCCCn1c(CN2C[C@@H](C)C[C@H](C)C2)nc2cc(S(N)(=O)=O)ccc21. The molecule has 2 atom stereocenters.